The monoisotopic (exact) mass is 335 g/mol. The highest BCUT2D eigenvalue weighted by atomic mass is 79.9. The van der Waals surface area contributed by atoms with Crippen molar-refractivity contribution in [1.29, 1.82) is 0 Å². The Bertz CT molecular complexity index is 583. The molecule has 2 aromatic rings. The van der Waals surface area contributed by atoms with Crippen molar-refractivity contribution in [2.75, 3.05) is 6.54 Å². The van der Waals surface area contributed by atoms with Crippen LogP contribution in [0.5, 0.6) is 0 Å². The van der Waals surface area contributed by atoms with E-state index in [1.807, 2.05) is 12.1 Å². The van der Waals surface area contributed by atoms with Crippen molar-refractivity contribution in [3.05, 3.63) is 69.4 Å². The van der Waals surface area contributed by atoms with E-state index in [4.69, 9.17) is 5.73 Å². The zero-order valence-corrected chi connectivity index (χ0v) is 13.2. The van der Waals surface area contributed by atoms with Gasteiger partial charge in [0, 0.05) is 4.47 Å². The van der Waals surface area contributed by atoms with Crippen molar-refractivity contribution in [2.24, 2.45) is 11.7 Å². The van der Waals surface area contributed by atoms with Crippen LogP contribution in [0.3, 0.4) is 0 Å². The number of hydrogen-bond acceptors (Lipinski definition) is 1. The molecular formula is C17H19BrFN. The van der Waals surface area contributed by atoms with Crippen LogP contribution in [-0.2, 0) is 12.8 Å². The van der Waals surface area contributed by atoms with Crippen molar-refractivity contribution in [3.8, 4) is 0 Å². The highest BCUT2D eigenvalue weighted by molar-refractivity contribution is 9.10. The normalized spacial score (nSPS) is 12.4. The molecule has 0 fully saturated rings. The third-order valence-electron chi connectivity index (χ3n) is 3.46. The first-order valence-corrected chi connectivity index (χ1v) is 7.57. The molecule has 3 heteroatoms. The predicted octanol–water partition coefficient (Wildman–Crippen LogP) is 4.26. The minimum atomic E-state index is -0.165. The van der Waals surface area contributed by atoms with Gasteiger partial charge in [-0.25, -0.2) is 4.39 Å². The molecule has 0 aliphatic rings. The molecular weight excluding hydrogens is 317 g/mol. The van der Waals surface area contributed by atoms with Gasteiger partial charge in [0.2, 0.25) is 0 Å². The highest BCUT2D eigenvalue weighted by Gasteiger charge is 2.12. The van der Waals surface area contributed by atoms with Crippen LogP contribution in [0.1, 0.15) is 16.7 Å². The summed E-state index contributed by atoms with van der Waals surface area (Å²) in [4.78, 5) is 0. The number of nitrogens with two attached hydrogens (primary N) is 1. The molecule has 2 aromatic carbocycles. The van der Waals surface area contributed by atoms with Crippen molar-refractivity contribution < 1.29 is 4.39 Å². The number of hydrogen-bond donors (Lipinski definition) is 1. The van der Waals surface area contributed by atoms with Crippen LogP contribution in [0.2, 0.25) is 0 Å². The number of halogens is 2. The Morgan fingerprint density at radius 2 is 1.95 bits per heavy atom. The molecule has 2 N–H and O–H groups in total. The summed E-state index contributed by atoms with van der Waals surface area (Å²) in [5.41, 5.74) is 9.09. The van der Waals surface area contributed by atoms with Gasteiger partial charge in [0.15, 0.2) is 0 Å². The summed E-state index contributed by atoms with van der Waals surface area (Å²) in [6.45, 7) is 2.64. The van der Waals surface area contributed by atoms with E-state index in [1.165, 1.54) is 17.2 Å². The Hall–Kier alpha value is -1.19. The molecule has 0 amide bonds. The average molecular weight is 336 g/mol. The van der Waals surface area contributed by atoms with Crippen molar-refractivity contribution in [3.63, 3.8) is 0 Å². The van der Waals surface area contributed by atoms with Gasteiger partial charge in [-0.2, -0.15) is 0 Å². The number of aryl methyl sites for hydroxylation is 1. The third-order valence-corrected chi connectivity index (χ3v) is 3.96. The average Bonchev–Trinajstić information content (AvgIpc) is 2.41. The topological polar surface area (TPSA) is 26.0 Å². The van der Waals surface area contributed by atoms with Gasteiger partial charge in [-0.15, -0.1) is 0 Å². The van der Waals surface area contributed by atoms with Crippen LogP contribution in [0, 0.1) is 18.7 Å². The molecule has 20 heavy (non-hydrogen) atoms. The predicted molar refractivity (Wildman–Crippen MR) is 85.2 cm³/mol. The van der Waals surface area contributed by atoms with Gasteiger partial charge >= 0.3 is 0 Å². The fourth-order valence-corrected chi connectivity index (χ4v) is 2.74. The molecule has 0 heterocycles. The van der Waals surface area contributed by atoms with Crippen molar-refractivity contribution in [1.82, 2.24) is 0 Å². The summed E-state index contributed by atoms with van der Waals surface area (Å²) >= 11 is 3.28. The van der Waals surface area contributed by atoms with Crippen LogP contribution in [0.4, 0.5) is 4.39 Å². The maximum Gasteiger partial charge on any atom is 0.127 e. The molecule has 106 valence electrons. The van der Waals surface area contributed by atoms with Gasteiger partial charge in [-0.05, 0) is 55.5 Å². The van der Waals surface area contributed by atoms with E-state index < -0.39 is 0 Å². The molecule has 0 saturated heterocycles. The molecule has 0 aromatic heterocycles. The summed E-state index contributed by atoms with van der Waals surface area (Å²) in [5.74, 6) is 0.0922. The third kappa shape index (κ3) is 4.15. The van der Waals surface area contributed by atoms with Crippen LogP contribution in [-0.4, -0.2) is 6.54 Å². The van der Waals surface area contributed by atoms with Gasteiger partial charge in [0.25, 0.3) is 0 Å². The quantitative estimate of drug-likeness (QED) is 0.868. The Labute approximate surface area is 128 Å². The molecule has 0 bridgehead atoms. The second-order valence-electron chi connectivity index (χ2n) is 5.23. The van der Waals surface area contributed by atoms with Crippen LogP contribution in [0.15, 0.2) is 46.9 Å². The maximum absolute atomic E-state index is 13.9. The van der Waals surface area contributed by atoms with E-state index in [0.29, 0.717) is 13.0 Å². The lowest BCUT2D eigenvalue weighted by molar-refractivity contribution is 0.511. The Morgan fingerprint density at radius 1 is 1.15 bits per heavy atom. The zero-order valence-electron chi connectivity index (χ0n) is 11.6. The molecule has 1 atom stereocenters. The van der Waals surface area contributed by atoms with Gasteiger partial charge in [0.1, 0.15) is 5.82 Å². The summed E-state index contributed by atoms with van der Waals surface area (Å²) in [7, 11) is 0. The lowest BCUT2D eigenvalue weighted by Crippen LogP contribution is -2.20. The van der Waals surface area contributed by atoms with Crippen LogP contribution in [0.25, 0.3) is 0 Å². The van der Waals surface area contributed by atoms with Gasteiger partial charge in [0.05, 0.1) is 0 Å². The maximum atomic E-state index is 13.9. The standard InChI is InChI=1S/C17H19BrFN/c1-12-3-2-4-13(7-12)8-14(11-20)9-15-5-6-16(18)10-17(15)19/h2-7,10,14H,8-9,11,20H2,1H3. The van der Waals surface area contributed by atoms with E-state index >= 15 is 0 Å². The second-order valence-corrected chi connectivity index (χ2v) is 6.15. The minimum absolute atomic E-state index is 0.165. The van der Waals surface area contributed by atoms with E-state index in [2.05, 4.69) is 47.1 Å². The largest absolute Gasteiger partial charge is 0.330 e. The molecule has 1 unspecified atom stereocenters. The molecule has 1 nitrogen and oxygen atoms in total. The highest BCUT2D eigenvalue weighted by Crippen LogP contribution is 2.20. The first-order chi connectivity index (χ1) is 9.58. The molecule has 2 rings (SSSR count). The number of benzene rings is 2. The molecule has 0 spiro atoms. The van der Waals surface area contributed by atoms with Gasteiger partial charge < -0.3 is 5.73 Å². The Balaban J connectivity index is 2.09. The summed E-state index contributed by atoms with van der Waals surface area (Å²) < 4.78 is 14.6. The smallest absolute Gasteiger partial charge is 0.127 e. The fourth-order valence-electron chi connectivity index (χ4n) is 2.41. The fraction of sp³-hybridized carbons (Fsp3) is 0.294. The Morgan fingerprint density at radius 3 is 2.60 bits per heavy atom. The first-order valence-electron chi connectivity index (χ1n) is 6.78. The second kappa shape index (κ2) is 7.00. The summed E-state index contributed by atoms with van der Waals surface area (Å²) in [5, 5.41) is 0. The van der Waals surface area contributed by atoms with E-state index in [-0.39, 0.29) is 11.7 Å². The first kappa shape index (κ1) is 15.2. The van der Waals surface area contributed by atoms with Crippen molar-refractivity contribution >= 4 is 15.9 Å². The SMILES string of the molecule is Cc1cccc(CC(CN)Cc2ccc(Br)cc2F)c1. The molecule has 0 aliphatic heterocycles. The van der Waals surface area contributed by atoms with Gasteiger partial charge in [-0.1, -0.05) is 51.8 Å². The van der Waals surface area contributed by atoms with E-state index in [0.717, 1.165) is 16.5 Å². The van der Waals surface area contributed by atoms with Crippen molar-refractivity contribution in [2.45, 2.75) is 19.8 Å². The molecule has 0 aliphatic carbocycles. The molecule has 0 saturated carbocycles. The Kier molecular flexibility index (Phi) is 5.32. The zero-order chi connectivity index (χ0) is 14.5. The van der Waals surface area contributed by atoms with Crippen LogP contribution < -0.4 is 5.73 Å². The minimum Gasteiger partial charge on any atom is -0.330 e. The number of rotatable bonds is 5. The lowest BCUT2D eigenvalue weighted by Gasteiger charge is -2.16. The molecule has 0 radical (unpaired) electrons. The summed E-state index contributed by atoms with van der Waals surface area (Å²) in [6, 6.07) is 13.6. The lowest BCUT2D eigenvalue weighted by atomic mass is 9.92. The van der Waals surface area contributed by atoms with Crippen LogP contribution >= 0.6 is 15.9 Å². The van der Waals surface area contributed by atoms with E-state index in [1.54, 1.807) is 0 Å². The summed E-state index contributed by atoms with van der Waals surface area (Å²) in [6.07, 6.45) is 1.55. The van der Waals surface area contributed by atoms with E-state index in [9.17, 15) is 4.39 Å². The van der Waals surface area contributed by atoms with Gasteiger partial charge in [-0.3, -0.25) is 0 Å².